The average molecular weight is 415 g/mol. The Hall–Kier alpha value is -4.14. The van der Waals surface area contributed by atoms with Crippen molar-refractivity contribution in [3.05, 3.63) is 89.0 Å². The number of fused-ring (bicyclic) bond motifs is 2. The highest BCUT2D eigenvalue weighted by Crippen LogP contribution is 2.34. The predicted molar refractivity (Wildman–Crippen MR) is 115 cm³/mol. The highest BCUT2D eigenvalue weighted by Gasteiger charge is 2.23. The maximum Gasteiger partial charge on any atom is 0.258 e. The lowest BCUT2D eigenvalue weighted by Crippen LogP contribution is -2.18. The number of hydrogen-bond donors (Lipinski definition) is 3. The molecule has 0 radical (unpaired) electrons. The van der Waals surface area contributed by atoms with Crippen LogP contribution in [0.3, 0.4) is 0 Å². The van der Waals surface area contributed by atoms with Crippen LogP contribution in [0.15, 0.2) is 72.3 Å². The summed E-state index contributed by atoms with van der Waals surface area (Å²) >= 11 is 0. The molecule has 0 aliphatic rings. The van der Waals surface area contributed by atoms with E-state index in [1.165, 1.54) is 19.0 Å². The third-order valence-electron chi connectivity index (χ3n) is 5.21. The first-order chi connectivity index (χ1) is 15.2. The van der Waals surface area contributed by atoms with Crippen molar-refractivity contribution in [2.24, 2.45) is 0 Å². The first-order valence-corrected chi connectivity index (χ1v) is 9.76. The molecule has 0 fully saturated rings. The van der Waals surface area contributed by atoms with E-state index in [2.05, 4.69) is 35.2 Å². The Morgan fingerprint density at radius 2 is 1.77 bits per heavy atom. The maximum absolute atomic E-state index is 15.3. The molecular formula is C22H18FN7O. The summed E-state index contributed by atoms with van der Waals surface area (Å²) in [5.74, 6) is 0.477. The van der Waals surface area contributed by atoms with Crippen LogP contribution in [0.5, 0.6) is 0 Å². The van der Waals surface area contributed by atoms with Gasteiger partial charge in [-0.1, -0.05) is 42.5 Å². The molecule has 8 nitrogen and oxygen atoms in total. The van der Waals surface area contributed by atoms with Gasteiger partial charge in [-0.3, -0.25) is 4.79 Å². The Balaban J connectivity index is 1.61. The quantitative estimate of drug-likeness (QED) is 0.388. The largest absolute Gasteiger partial charge is 0.361 e. The van der Waals surface area contributed by atoms with Crippen LogP contribution < -0.4 is 10.9 Å². The Labute approximate surface area is 175 Å². The molecule has 0 saturated heterocycles. The number of halogens is 1. The van der Waals surface area contributed by atoms with Crippen molar-refractivity contribution in [3.63, 3.8) is 0 Å². The molecule has 5 aromatic rings. The minimum atomic E-state index is -1.26. The van der Waals surface area contributed by atoms with Gasteiger partial charge in [-0.15, -0.1) is 0 Å². The van der Waals surface area contributed by atoms with Crippen molar-refractivity contribution < 1.29 is 4.39 Å². The van der Waals surface area contributed by atoms with Crippen molar-refractivity contribution in [3.8, 4) is 0 Å². The van der Waals surface area contributed by atoms with E-state index in [-0.39, 0.29) is 12.0 Å². The molecule has 9 heteroatoms. The van der Waals surface area contributed by atoms with Crippen LogP contribution in [0.2, 0.25) is 0 Å². The molecule has 0 aliphatic heterocycles. The van der Waals surface area contributed by atoms with Gasteiger partial charge in [0.1, 0.15) is 18.0 Å². The fourth-order valence-electron chi connectivity index (χ4n) is 3.74. The molecule has 0 bridgehead atoms. The fraction of sp³-hybridized carbons (Fsp3) is 0.136. The van der Waals surface area contributed by atoms with Crippen molar-refractivity contribution >= 4 is 27.9 Å². The normalized spacial score (nSPS) is 13.3. The summed E-state index contributed by atoms with van der Waals surface area (Å²) in [5.41, 5.74) is 2.56. The van der Waals surface area contributed by atoms with Crippen LogP contribution in [0.1, 0.15) is 29.8 Å². The highest BCUT2D eigenvalue weighted by atomic mass is 19.1. The molecule has 2 aromatic carbocycles. The number of benzene rings is 2. The fourth-order valence-corrected chi connectivity index (χ4v) is 3.74. The second-order valence-corrected chi connectivity index (χ2v) is 7.11. The lowest BCUT2D eigenvalue weighted by atomic mass is 9.95. The van der Waals surface area contributed by atoms with E-state index in [1.54, 1.807) is 42.5 Å². The maximum atomic E-state index is 15.3. The average Bonchev–Trinajstić information content (AvgIpc) is 3.29. The molecule has 3 aromatic heterocycles. The van der Waals surface area contributed by atoms with Crippen LogP contribution >= 0.6 is 0 Å². The van der Waals surface area contributed by atoms with Gasteiger partial charge in [-0.25, -0.2) is 24.3 Å². The lowest BCUT2D eigenvalue weighted by Gasteiger charge is -2.23. The Morgan fingerprint density at radius 1 is 0.935 bits per heavy atom. The number of rotatable bonds is 6. The summed E-state index contributed by atoms with van der Waals surface area (Å²) in [6, 6.07) is 13.7. The molecular weight excluding hydrogens is 397 g/mol. The zero-order valence-corrected chi connectivity index (χ0v) is 16.3. The Bertz CT molecular complexity index is 1390. The first kappa shape index (κ1) is 18.9. The summed E-state index contributed by atoms with van der Waals surface area (Å²) in [4.78, 5) is 35.1. The molecule has 3 heterocycles. The third kappa shape index (κ3) is 3.61. The summed E-state index contributed by atoms with van der Waals surface area (Å²) in [6.45, 7) is 0. The molecule has 5 rings (SSSR count). The van der Waals surface area contributed by atoms with Crippen molar-refractivity contribution in [1.29, 1.82) is 0 Å². The van der Waals surface area contributed by atoms with Crippen LogP contribution in [-0.2, 0) is 0 Å². The van der Waals surface area contributed by atoms with E-state index in [4.69, 9.17) is 0 Å². The van der Waals surface area contributed by atoms with Crippen LogP contribution in [-0.4, -0.2) is 29.9 Å². The molecule has 3 N–H and O–H groups in total. The number of aromatic amines is 2. The first-order valence-electron chi connectivity index (χ1n) is 9.76. The minimum absolute atomic E-state index is 0.0805. The van der Waals surface area contributed by atoms with Gasteiger partial charge in [0.05, 0.1) is 29.6 Å². The molecule has 2 atom stereocenters. The lowest BCUT2D eigenvalue weighted by molar-refractivity contribution is 0.309. The van der Waals surface area contributed by atoms with Crippen LogP contribution in [0.4, 0.5) is 10.2 Å². The topological polar surface area (TPSA) is 112 Å². The molecule has 0 aliphatic carbocycles. The number of nitrogens with one attached hydrogen (secondary N) is 3. The zero-order valence-electron chi connectivity index (χ0n) is 16.3. The highest BCUT2D eigenvalue weighted by molar-refractivity contribution is 5.84. The number of imidazole rings is 1. The summed E-state index contributed by atoms with van der Waals surface area (Å²) < 4.78 is 15.3. The molecule has 0 saturated carbocycles. The Kier molecular flexibility index (Phi) is 4.83. The van der Waals surface area contributed by atoms with Gasteiger partial charge in [-0.2, -0.15) is 0 Å². The SMILES string of the molecule is O=c1[nH]cnc2cccc(C(CC(F)c3ccccc3)Nc3ncnc4nc[nH]c34)c12. The van der Waals surface area contributed by atoms with Gasteiger partial charge in [0.25, 0.3) is 5.56 Å². The summed E-state index contributed by atoms with van der Waals surface area (Å²) in [7, 11) is 0. The van der Waals surface area contributed by atoms with E-state index < -0.39 is 12.2 Å². The van der Waals surface area contributed by atoms with Gasteiger partial charge < -0.3 is 15.3 Å². The van der Waals surface area contributed by atoms with Crippen molar-refractivity contribution in [1.82, 2.24) is 29.9 Å². The van der Waals surface area contributed by atoms with Gasteiger partial charge in [-0.05, 0) is 17.2 Å². The smallest absolute Gasteiger partial charge is 0.258 e. The predicted octanol–water partition coefficient (Wildman–Crippen LogP) is 3.84. The molecule has 31 heavy (non-hydrogen) atoms. The number of aromatic nitrogens is 6. The second kappa shape index (κ2) is 7.94. The van der Waals surface area contributed by atoms with E-state index in [1.807, 2.05) is 6.07 Å². The van der Waals surface area contributed by atoms with Gasteiger partial charge in [0.15, 0.2) is 11.5 Å². The van der Waals surface area contributed by atoms with Crippen LogP contribution in [0, 0.1) is 0 Å². The number of hydrogen-bond acceptors (Lipinski definition) is 6. The van der Waals surface area contributed by atoms with E-state index in [9.17, 15) is 4.79 Å². The standard InChI is InChI=1S/C22H18FN7O/c23-15(13-5-2-1-3-6-13)9-17(30-21-19-20(26-11-25-19)27-12-28-21)14-7-4-8-16-18(14)22(31)29-10-24-16/h1-8,10-12,15,17H,9H2,(H,24,29,31)(H2,25,26,27,28,30). The molecule has 2 unspecified atom stereocenters. The van der Waals surface area contributed by atoms with Gasteiger partial charge in [0.2, 0.25) is 0 Å². The third-order valence-corrected chi connectivity index (χ3v) is 5.21. The minimum Gasteiger partial charge on any atom is -0.361 e. The van der Waals surface area contributed by atoms with Gasteiger partial charge in [0, 0.05) is 6.42 Å². The summed E-state index contributed by atoms with van der Waals surface area (Å²) in [5, 5.41) is 3.72. The molecule has 0 spiro atoms. The number of H-pyrrole nitrogens is 2. The summed E-state index contributed by atoms with van der Waals surface area (Å²) in [6.07, 6.45) is 3.09. The molecule has 154 valence electrons. The number of alkyl halides is 1. The van der Waals surface area contributed by atoms with Gasteiger partial charge >= 0.3 is 0 Å². The molecule has 0 amide bonds. The number of anilines is 1. The van der Waals surface area contributed by atoms with Crippen LogP contribution in [0.25, 0.3) is 22.1 Å². The Morgan fingerprint density at radius 3 is 2.65 bits per heavy atom. The van der Waals surface area contributed by atoms with Crippen molar-refractivity contribution in [2.45, 2.75) is 18.6 Å². The van der Waals surface area contributed by atoms with E-state index in [0.29, 0.717) is 39.0 Å². The van der Waals surface area contributed by atoms with E-state index in [0.717, 1.165) is 0 Å². The second-order valence-electron chi connectivity index (χ2n) is 7.11. The number of nitrogens with zero attached hydrogens (tertiary/aromatic N) is 4. The zero-order chi connectivity index (χ0) is 21.2. The van der Waals surface area contributed by atoms with Crippen molar-refractivity contribution in [2.75, 3.05) is 5.32 Å². The monoisotopic (exact) mass is 415 g/mol. The van der Waals surface area contributed by atoms with E-state index >= 15 is 4.39 Å².